The average Bonchev–Trinajstić information content (AvgIpc) is 3.06. The molecule has 1 aromatic rings. The van der Waals surface area contributed by atoms with Gasteiger partial charge in [-0.1, -0.05) is 6.92 Å². The fourth-order valence-corrected chi connectivity index (χ4v) is 3.43. The molecule has 6 heteroatoms. The van der Waals surface area contributed by atoms with Crippen LogP contribution >= 0.6 is 0 Å². The summed E-state index contributed by atoms with van der Waals surface area (Å²) in [5.74, 6) is 2.20. The number of ether oxygens (including phenoxy) is 1. The molecule has 6 nitrogen and oxygen atoms in total. The largest absolute Gasteiger partial charge is 0.377 e. The lowest BCUT2D eigenvalue weighted by molar-refractivity contribution is 0.0994. The average molecular weight is 279 g/mol. The lowest BCUT2D eigenvalue weighted by Gasteiger charge is -2.35. The lowest BCUT2D eigenvalue weighted by Crippen LogP contribution is -2.54. The van der Waals surface area contributed by atoms with Gasteiger partial charge in [0.25, 0.3) is 0 Å². The second-order valence-corrected chi connectivity index (χ2v) is 6.11. The van der Waals surface area contributed by atoms with Gasteiger partial charge in [0.1, 0.15) is 5.82 Å². The molecule has 0 amide bonds. The number of piperazine rings is 1. The predicted octanol–water partition coefficient (Wildman–Crippen LogP) is 1.27. The summed E-state index contributed by atoms with van der Waals surface area (Å²) < 4.78 is 5.75. The van der Waals surface area contributed by atoms with Gasteiger partial charge in [-0.15, -0.1) is 5.10 Å². The Hall–Kier alpha value is -1.14. The van der Waals surface area contributed by atoms with Crippen LogP contribution in [-0.4, -0.2) is 53.1 Å². The van der Waals surface area contributed by atoms with E-state index in [1.54, 1.807) is 0 Å². The van der Waals surface area contributed by atoms with Gasteiger partial charge < -0.3 is 15.0 Å². The summed E-state index contributed by atoms with van der Waals surface area (Å²) in [5, 5.41) is 11.1. The minimum Gasteiger partial charge on any atom is -0.377 e. The molecule has 20 heavy (non-hydrogen) atoms. The second kappa shape index (κ2) is 5.69. The number of hydrogen-bond acceptors (Lipinski definition) is 5. The molecule has 2 saturated heterocycles. The Morgan fingerprint density at radius 1 is 1.30 bits per heavy atom. The Morgan fingerprint density at radius 3 is 2.75 bits per heavy atom. The van der Waals surface area contributed by atoms with Crippen LogP contribution in [0.15, 0.2) is 0 Å². The first-order chi connectivity index (χ1) is 9.67. The van der Waals surface area contributed by atoms with Gasteiger partial charge in [0.2, 0.25) is 5.95 Å². The number of aromatic nitrogens is 3. The first-order valence-corrected chi connectivity index (χ1v) is 7.72. The van der Waals surface area contributed by atoms with Gasteiger partial charge in [0.15, 0.2) is 0 Å². The fraction of sp³-hybridized carbons (Fsp3) is 0.857. The summed E-state index contributed by atoms with van der Waals surface area (Å²) in [6.07, 6.45) is 2.36. The van der Waals surface area contributed by atoms with E-state index in [2.05, 4.69) is 41.2 Å². The van der Waals surface area contributed by atoms with Crippen molar-refractivity contribution in [2.24, 2.45) is 0 Å². The Labute approximate surface area is 120 Å². The molecular weight excluding hydrogens is 254 g/mol. The normalized spacial score (nSPS) is 34.6. The van der Waals surface area contributed by atoms with Crippen LogP contribution < -0.4 is 10.2 Å². The van der Waals surface area contributed by atoms with Crippen molar-refractivity contribution in [3.05, 3.63) is 5.82 Å². The molecule has 112 valence electrons. The minimum atomic E-state index is 0.289. The van der Waals surface area contributed by atoms with Crippen LogP contribution in [0.4, 0.5) is 5.95 Å². The van der Waals surface area contributed by atoms with E-state index in [0.29, 0.717) is 18.0 Å². The van der Waals surface area contributed by atoms with Crippen LogP contribution in [0.3, 0.4) is 0 Å². The van der Waals surface area contributed by atoms with E-state index in [1.165, 1.54) is 0 Å². The first kappa shape index (κ1) is 13.8. The molecule has 2 fully saturated rings. The molecule has 0 aliphatic carbocycles. The molecule has 0 saturated carbocycles. The quantitative estimate of drug-likeness (QED) is 0.872. The number of aromatic amines is 1. The van der Waals surface area contributed by atoms with Crippen LogP contribution in [-0.2, 0) is 4.74 Å². The highest BCUT2D eigenvalue weighted by atomic mass is 16.5. The number of nitrogens with one attached hydrogen (secondary N) is 2. The minimum absolute atomic E-state index is 0.289. The van der Waals surface area contributed by atoms with Crippen LogP contribution in [0.2, 0.25) is 0 Å². The summed E-state index contributed by atoms with van der Waals surface area (Å²) in [7, 11) is 0. The van der Waals surface area contributed by atoms with Gasteiger partial charge >= 0.3 is 0 Å². The summed E-state index contributed by atoms with van der Waals surface area (Å²) in [4.78, 5) is 7.00. The highest BCUT2D eigenvalue weighted by molar-refractivity contribution is 5.31. The molecule has 4 atom stereocenters. The third-order valence-electron chi connectivity index (χ3n) is 4.29. The van der Waals surface area contributed by atoms with Crippen molar-refractivity contribution in [2.75, 3.05) is 24.6 Å². The van der Waals surface area contributed by atoms with Crippen molar-refractivity contribution < 1.29 is 4.74 Å². The molecule has 1 aromatic heterocycles. The smallest absolute Gasteiger partial charge is 0.244 e. The Balaban J connectivity index is 1.73. The molecule has 0 bridgehead atoms. The predicted molar refractivity (Wildman–Crippen MR) is 78.0 cm³/mol. The lowest BCUT2D eigenvalue weighted by atomic mass is 9.99. The van der Waals surface area contributed by atoms with Gasteiger partial charge in [0, 0.05) is 37.7 Å². The second-order valence-electron chi connectivity index (χ2n) is 6.11. The zero-order valence-electron chi connectivity index (χ0n) is 12.6. The molecule has 2 aliphatic heterocycles. The fourth-order valence-electron chi connectivity index (χ4n) is 3.43. The van der Waals surface area contributed by atoms with Crippen LogP contribution in [0.1, 0.15) is 45.4 Å². The van der Waals surface area contributed by atoms with E-state index in [-0.39, 0.29) is 6.10 Å². The Morgan fingerprint density at radius 2 is 2.05 bits per heavy atom. The number of rotatable bonds is 3. The highest BCUT2D eigenvalue weighted by Gasteiger charge is 2.32. The van der Waals surface area contributed by atoms with E-state index >= 15 is 0 Å². The molecule has 2 N–H and O–H groups in total. The summed E-state index contributed by atoms with van der Waals surface area (Å²) in [5.41, 5.74) is 0. The van der Waals surface area contributed by atoms with Crippen molar-refractivity contribution in [1.29, 1.82) is 0 Å². The van der Waals surface area contributed by atoms with E-state index in [0.717, 1.165) is 44.3 Å². The Bertz CT molecular complexity index is 439. The number of H-pyrrole nitrogens is 1. The van der Waals surface area contributed by atoms with Crippen molar-refractivity contribution in [3.63, 3.8) is 0 Å². The van der Waals surface area contributed by atoms with E-state index in [9.17, 15) is 0 Å². The van der Waals surface area contributed by atoms with Gasteiger partial charge in [-0.05, 0) is 26.7 Å². The van der Waals surface area contributed by atoms with Crippen LogP contribution in [0.5, 0.6) is 0 Å². The maximum Gasteiger partial charge on any atom is 0.244 e. The van der Waals surface area contributed by atoms with Crippen molar-refractivity contribution in [3.8, 4) is 0 Å². The molecule has 0 aromatic carbocycles. The topological polar surface area (TPSA) is 66.1 Å². The van der Waals surface area contributed by atoms with Crippen molar-refractivity contribution in [2.45, 2.75) is 57.7 Å². The van der Waals surface area contributed by atoms with Gasteiger partial charge in [0.05, 0.1) is 6.10 Å². The summed E-state index contributed by atoms with van der Waals surface area (Å²) >= 11 is 0. The van der Waals surface area contributed by atoms with E-state index in [1.807, 2.05) is 0 Å². The van der Waals surface area contributed by atoms with Gasteiger partial charge in [-0.25, -0.2) is 0 Å². The number of nitrogens with zero attached hydrogens (tertiary/aromatic N) is 3. The third-order valence-corrected chi connectivity index (χ3v) is 4.29. The van der Waals surface area contributed by atoms with Crippen molar-refractivity contribution in [1.82, 2.24) is 20.5 Å². The van der Waals surface area contributed by atoms with Crippen LogP contribution in [0.25, 0.3) is 0 Å². The molecule has 0 radical (unpaired) electrons. The molecule has 3 rings (SSSR count). The number of hydrogen-bond donors (Lipinski definition) is 2. The van der Waals surface area contributed by atoms with Crippen LogP contribution in [0, 0.1) is 0 Å². The SMILES string of the molecule is CCC1OCCC1c1nc(N2CC(C)NC(C)C2)n[nH]1. The van der Waals surface area contributed by atoms with Gasteiger partial charge in [-0.3, -0.25) is 5.10 Å². The molecule has 2 aliphatic rings. The maximum atomic E-state index is 5.75. The van der Waals surface area contributed by atoms with Crippen molar-refractivity contribution >= 4 is 5.95 Å². The molecule has 0 spiro atoms. The third kappa shape index (κ3) is 2.67. The zero-order chi connectivity index (χ0) is 14.1. The summed E-state index contributed by atoms with van der Waals surface area (Å²) in [6, 6.07) is 0.942. The molecular formula is C14H25N5O. The number of anilines is 1. The maximum absolute atomic E-state index is 5.75. The Kier molecular flexibility index (Phi) is 3.94. The monoisotopic (exact) mass is 279 g/mol. The highest BCUT2D eigenvalue weighted by Crippen LogP contribution is 2.31. The first-order valence-electron chi connectivity index (χ1n) is 7.72. The van der Waals surface area contributed by atoms with E-state index in [4.69, 9.17) is 9.72 Å². The molecule has 4 unspecified atom stereocenters. The van der Waals surface area contributed by atoms with Gasteiger partial charge in [-0.2, -0.15) is 4.98 Å². The van der Waals surface area contributed by atoms with E-state index < -0.39 is 0 Å². The summed E-state index contributed by atoms with van der Waals surface area (Å²) in [6.45, 7) is 9.32. The standard InChI is InChI=1S/C14H25N5O/c1-4-12-11(5-6-20-12)13-16-14(18-17-13)19-7-9(2)15-10(3)8-19/h9-12,15H,4-8H2,1-3H3,(H,16,17,18). The zero-order valence-corrected chi connectivity index (χ0v) is 12.6. The molecule has 3 heterocycles.